The van der Waals surface area contributed by atoms with Crippen molar-refractivity contribution in [3.05, 3.63) is 29.8 Å². The largest absolute Gasteiger partial charge is 0.405 e. The van der Waals surface area contributed by atoms with Gasteiger partial charge in [-0.1, -0.05) is 25.1 Å². The molecule has 1 N–H and O–H groups in total. The molecule has 1 aromatic rings. The summed E-state index contributed by atoms with van der Waals surface area (Å²) in [7, 11) is 0. The summed E-state index contributed by atoms with van der Waals surface area (Å²) in [5, 5.41) is 9.61. The van der Waals surface area contributed by atoms with E-state index in [1.165, 1.54) is 4.90 Å². The van der Waals surface area contributed by atoms with Gasteiger partial charge in [0.05, 0.1) is 6.10 Å². The summed E-state index contributed by atoms with van der Waals surface area (Å²) in [5.41, 5.74) is 0.974. The number of hydrogen-bond acceptors (Lipinski definition) is 2. The Balaban J connectivity index is 3.05. The van der Waals surface area contributed by atoms with Gasteiger partial charge in [0.1, 0.15) is 6.54 Å². The fourth-order valence-corrected chi connectivity index (χ4v) is 1.90. The maximum absolute atomic E-state index is 12.5. The Morgan fingerprint density at radius 3 is 2.39 bits per heavy atom. The van der Waals surface area contributed by atoms with Crippen LogP contribution in [0.4, 0.5) is 18.9 Å². The van der Waals surface area contributed by atoms with Gasteiger partial charge in [-0.3, -0.25) is 0 Å². The van der Waals surface area contributed by atoms with Crippen molar-refractivity contribution in [1.82, 2.24) is 0 Å². The van der Waals surface area contributed by atoms with E-state index in [1.807, 2.05) is 6.92 Å². The first-order valence-electron chi connectivity index (χ1n) is 5.94. The Kier molecular flexibility index (Phi) is 5.02. The number of para-hydroxylation sites is 1. The number of halogens is 3. The van der Waals surface area contributed by atoms with Crippen molar-refractivity contribution in [3.8, 4) is 0 Å². The van der Waals surface area contributed by atoms with E-state index in [0.717, 1.165) is 0 Å². The van der Waals surface area contributed by atoms with Crippen molar-refractivity contribution < 1.29 is 18.3 Å². The number of nitrogens with zero attached hydrogens (tertiary/aromatic N) is 1. The highest BCUT2D eigenvalue weighted by atomic mass is 19.4. The summed E-state index contributed by atoms with van der Waals surface area (Å²) in [6.07, 6.45) is -4.42. The quantitative estimate of drug-likeness (QED) is 0.876. The number of benzene rings is 1. The molecule has 0 bridgehead atoms. The number of hydrogen-bond donors (Lipinski definition) is 1. The van der Waals surface area contributed by atoms with Gasteiger partial charge in [0.15, 0.2) is 0 Å². The zero-order valence-corrected chi connectivity index (χ0v) is 10.5. The molecule has 0 aliphatic heterocycles. The third-order valence-electron chi connectivity index (χ3n) is 2.59. The van der Waals surface area contributed by atoms with Crippen LogP contribution in [-0.2, 0) is 0 Å². The number of alkyl halides is 3. The van der Waals surface area contributed by atoms with Crippen molar-refractivity contribution in [2.45, 2.75) is 32.5 Å². The number of aliphatic hydroxyl groups excluding tert-OH is 1. The lowest BCUT2D eigenvalue weighted by Gasteiger charge is -2.28. The predicted octanol–water partition coefficient (Wildman–Crippen LogP) is 3.52. The van der Waals surface area contributed by atoms with Gasteiger partial charge in [-0.05, 0) is 19.4 Å². The fraction of sp³-hybridized carbons (Fsp3) is 0.538. The van der Waals surface area contributed by atoms with E-state index in [-0.39, 0.29) is 0 Å². The van der Waals surface area contributed by atoms with Crippen LogP contribution in [0.5, 0.6) is 0 Å². The highest BCUT2D eigenvalue weighted by Crippen LogP contribution is 2.29. The van der Waals surface area contributed by atoms with Gasteiger partial charge in [0.2, 0.25) is 0 Å². The second kappa shape index (κ2) is 6.09. The number of rotatable bonds is 5. The van der Waals surface area contributed by atoms with Crippen molar-refractivity contribution in [2.24, 2.45) is 0 Å². The summed E-state index contributed by atoms with van der Waals surface area (Å²) in [6.45, 7) is 2.69. The van der Waals surface area contributed by atoms with Crippen molar-refractivity contribution in [1.29, 1.82) is 0 Å². The Morgan fingerprint density at radius 1 is 1.28 bits per heavy atom. The van der Waals surface area contributed by atoms with E-state index in [4.69, 9.17) is 0 Å². The molecular weight excluding hydrogens is 243 g/mol. The fourth-order valence-electron chi connectivity index (χ4n) is 1.90. The standard InChI is InChI=1S/C13H18F3NO/c1-3-8-17(9-13(14,15)16)12-7-5-4-6-11(12)10(2)18/h4-7,10,18H,3,8-9H2,1-2H3/t10-/m1/s1. The molecule has 1 aromatic carbocycles. The summed E-state index contributed by atoms with van der Waals surface area (Å²) in [5.74, 6) is 0. The lowest BCUT2D eigenvalue weighted by atomic mass is 10.1. The van der Waals surface area contributed by atoms with Crippen LogP contribution in [0.15, 0.2) is 24.3 Å². The topological polar surface area (TPSA) is 23.5 Å². The second-order valence-electron chi connectivity index (χ2n) is 4.27. The smallest absolute Gasteiger partial charge is 0.389 e. The summed E-state index contributed by atoms with van der Waals surface area (Å²) >= 11 is 0. The van der Waals surface area contributed by atoms with Crippen molar-refractivity contribution >= 4 is 5.69 Å². The molecular formula is C13H18F3NO. The molecule has 0 fully saturated rings. The Bertz CT molecular complexity index is 377. The van der Waals surface area contributed by atoms with E-state index < -0.39 is 18.8 Å². The van der Waals surface area contributed by atoms with Crippen molar-refractivity contribution in [3.63, 3.8) is 0 Å². The Morgan fingerprint density at radius 2 is 1.89 bits per heavy atom. The zero-order chi connectivity index (χ0) is 13.8. The molecule has 0 aromatic heterocycles. The Hall–Kier alpha value is -1.23. The summed E-state index contributed by atoms with van der Waals surface area (Å²) in [4.78, 5) is 1.27. The maximum Gasteiger partial charge on any atom is 0.405 e. The average molecular weight is 261 g/mol. The van der Waals surface area contributed by atoms with Crippen LogP contribution >= 0.6 is 0 Å². The SMILES string of the molecule is CCCN(CC(F)(F)F)c1ccccc1[C@@H](C)O. The third kappa shape index (κ3) is 4.22. The van der Waals surface area contributed by atoms with Crippen LogP contribution in [0.25, 0.3) is 0 Å². The number of aliphatic hydroxyl groups is 1. The molecule has 0 saturated carbocycles. The van der Waals surface area contributed by atoms with Crippen LogP contribution in [0.2, 0.25) is 0 Å². The highest BCUT2D eigenvalue weighted by molar-refractivity contribution is 5.54. The molecule has 0 amide bonds. The molecule has 0 aliphatic rings. The predicted molar refractivity (Wildman–Crippen MR) is 65.6 cm³/mol. The minimum Gasteiger partial charge on any atom is -0.389 e. The highest BCUT2D eigenvalue weighted by Gasteiger charge is 2.31. The minimum atomic E-state index is -4.25. The van der Waals surface area contributed by atoms with Crippen molar-refractivity contribution in [2.75, 3.05) is 18.0 Å². The van der Waals surface area contributed by atoms with Gasteiger partial charge in [-0.25, -0.2) is 0 Å². The molecule has 1 atom stereocenters. The van der Waals surface area contributed by atoms with Gasteiger partial charge in [-0.2, -0.15) is 13.2 Å². The molecule has 102 valence electrons. The van der Waals surface area contributed by atoms with Crippen LogP contribution in [-0.4, -0.2) is 24.4 Å². The first-order chi connectivity index (χ1) is 8.35. The van der Waals surface area contributed by atoms with Gasteiger partial charge >= 0.3 is 6.18 Å². The van der Waals surface area contributed by atoms with E-state index in [9.17, 15) is 18.3 Å². The zero-order valence-electron chi connectivity index (χ0n) is 10.5. The third-order valence-corrected chi connectivity index (χ3v) is 2.59. The van der Waals surface area contributed by atoms with E-state index in [1.54, 1.807) is 31.2 Å². The molecule has 0 spiro atoms. The van der Waals surface area contributed by atoms with Gasteiger partial charge in [0.25, 0.3) is 0 Å². The molecule has 0 aliphatic carbocycles. The summed E-state index contributed by atoms with van der Waals surface area (Å²) in [6, 6.07) is 6.66. The van der Waals surface area contributed by atoms with Gasteiger partial charge in [0, 0.05) is 17.8 Å². The lowest BCUT2D eigenvalue weighted by molar-refractivity contribution is -0.119. The lowest BCUT2D eigenvalue weighted by Crippen LogP contribution is -2.35. The first kappa shape index (κ1) is 14.8. The van der Waals surface area contributed by atoms with Crippen LogP contribution in [0.3, 0.4) is 0 Å². The Labute approximate surface area is 105 Å². The average Bonchev–Trinajstić information content (AvgIpc) is 2.26. The minimum absolute atomic E-state index is 0.309. The maximum atomic E-state index is 12.5. The molecule has 0 radical (unpaired) electrons. The molecule has 18 heavy (non-hydrogen) atoms. The number of anilines is 1. The molecule has 2 nitrogen and oxygen atoms in total. The van der Waals surface area contributed by atoms with Crippen LogP contribution in [0, 0.1) is 0 Å². The summed E-state index contributed by atoms with van der Waals surface area (Å²) < 4.78 is 37.6. The normalized spacial score (nSPS) is 13.4. The molecule has 0 saturated heterocycles. The van der Waals surface area contributed by atoms with E-state index in [2.05, 4.69) is 0 Å². The van der Waals surface area contributed by atoms with Gasteiger partial charge < -0.3 is 10.0 Å². The molecule has 0 unspecified atom stereocenters. The molecule has 5 heteroatoms. The molecule has 0 heterocycles. The van der Waals surface area contributed by atoms with Crippen LogP contribution < -0.4 is 4.90 Å². The van der Waals surface area contributed by atoms with E-state index >= 15 is 0 Å². The first-order valence-corrected chi connectivity index (χ1v) is 5.94. The molecule has 1 rings (SSSR count). The second-order valence-corrected chi connectivity index (χ2v) is 4.27. The van der Waals surface area contributed by atoms with E-state index in [0.29, 0.717) is 24.2 Å². The van der Waals surface area contributed by atoms with Gasteiger partial charge in [-0.15, -0.1) is 0 Å². The van der Waals surface area contributed by atoms with Crippen LogP contribution in [0.1, 0.15) is 31.9 Å². The monoisotopic (exact) mass is 261 g/mol.